The Balaban J connectivity index is 1.94. The maximum Gasteiger partial charge on any atom is 0.332 e. The summed E-state index contributed by atoms with van der Waals surface area (Å²) >= 11 is 0. The van der Waals surface area contributed by atoms with Crippen LogP contribution in [-0.4, -0.2) is 41.9 Å². The van der Waals surface area contributed by atoms with Gasteiger partial charge in [-0.2, -0.15) is 0 Å². The van der Waals surface area contributed by atoms with E-state index in [4.69, 9.17) is 4.65 Å². The van der Waals surface area contributed by atoms with Crippen LogP contribution in [0.15, 0.2) is 18.3 Å². The molecule has 20 heavy (non-hydrogen) atoms. The van der Waals surface area contributed by atoms with E-state index in [-0.39, 0.29) is 0 Å². The second kappa shape index (κ2) is 5.74. The van der Waals surface area contributed by atoms with Crippen LogP contribution >= 0.6 is 0 Å². The average molecular weight is 275 g/mol. The Hall–Kier alpha value is -1.07. The first kappa shape index (κ1) is 15.3. The van der Waals surface area contributed by atoms with E-state index >= 15 is 0 Å². The van der Waals surface area contributed by atoms with E-state index < -0.39 is 11.2 Å². The average Bonchev–Trinajstić information content (AvgIpc) is 2.89. The lowest BCUT2D eigenvalue weighted by Crippen LogP contribution is -2.49. The number of nitrogens with zero attached hydrogens (tertiary/aromatic N) is 2. The normalized spacial score (nSPS) is 16.6. The summed E-state index contributed by atoms with van der Waals surface area (Å²) in [4.78, 5) is 6.77. The quantitative estimate of drug-likeness (QED) is 0.827. The van der Waals surface area contributed by atoms with Gasteiger partial charge in [0, 0.05) is 19.3 Å². The highest BCUT2D eigenvalue weighted by molar-refractivity contribution is 6.46. The van der Waals surface area contributed by atoms with Crippen LogP contribution in [0.25, 0.3) is 0 Å². The van der Waals surface area contributed by atoms with Crippen LogP contribution in [0.4, 0.5) is 5.82 Å². The predicted octanol–water partition coefficient (Wildman–Crippen LogP) is 1.49. The van der Waals surface area contributed by atoms with Gasteiger partial charge in [0.05, 0.1) is 11.2 Å². The van der Waals surface area contributed by atoms with Gasteiger partial charge in [0.15, 0.2) is 0 Å². The van der Waals surface area contributed by atoms with Gasteiger partial charge in [0.2, 0.25) is 0 Å². The van der Waals surface area contributed by atoms with Gasteiger partial charge >= 0.3 is 7.48 Å². The largest absolute Gasteiger partial charge is 0.427 e. The van der Waals surface area contributed by atoms with E-state index in [0.29, 0.717) is 0 Å². The molecule has 0 aliphatic carbocycles. The summed E-state index contributed by atoms with van der Waals surface area (Å²) in [6.07, 6.45) is 4.31. The molecule has 2 rings (SSSR count). The molecule has 2 heterocycles. The first-order valence-corrected chi connectivity index (χ1v) is 7.24. The van der Waals surface area contributed by atoms with E-state index in [1.54, 1.807) is 21.3 Å². The third-order valence-corrected chi connectivity index (χ3v) is 4.16. The van der Waals surface area contributed by atoms with Crippen LogP contribution < -0.4 is 10.4 Å². The van der Waals surface area contributed by atoms with Crippen LogP contribution in [0.1, 0.15) is 40.5 Å². The second-order valence-electron chi connectivity index (χ2n) is 6.45. The highest BCUT2D eigenvalue weighted by Crippen LogP contribution is 2.24. The van der Waals surface area contributed by atoms with Crippen molar-refractivity contribution in [3.05, 3.63) is 18.3 Å². The fourth-order valence-electron chi connectivity index (χ4n) is 1.96. The highest BCUT2D eigenvalue weighted by atomic mass is 16.5. The van der Waals surface area contributed by atoms with Gasteiger partial charge in [-0.1, -0.05) is 6.07 Å². The first-order chi connectivity index (χ1) is 9.29. The van der Waals surface area contributed by atoms with E-state index in [1.165, 1.54) is 12.8 Å². The fraction of sp³-hybridized carbons (Fsp3) is 0.667. The maximum absolute atomic E-state index is 10.0. The number of hydrogen-bond donors (Lipinski definition) is 1. The molecular formula is C15H24BN2O2. The Morgan fingerprint density at radius 3 is 2.35 bits per heavy atom. The Bertz CT molecular complexity index is 434. The molecule has 5 heteroatoms. The van der Waals surface area contributed by atoms with Crippen molar-refractivity contribution < 1.29 is 9.76 Å². The number of pyridine rings is 1. The predicted molar refractivity (Wildman–Crippen MR) is 82.5 cm³/mol. The van der Waals surface area contributed by atoms with Crippen LogP contribution in [0, 0.1) is 0 Å². The maximum atomic E-state index is 10.0. The lowest BCUT2D eigenvalue weighted by Gasteiger charge is -2.37. The zero-order valence-electron chi connectivity index (χ0n) is 12.9. The lowest BCUT2D eigenvalue weighted by molar-refractivity contribution is -0.0893. The Morgan fingerprint density at radius 2 is 1.85 bits per heavy atom. The summed E-state index contributed by atoms with van der Waals surface area (Å²) in [5.74, 6) is 1.03. The third-order valence-electron chi connectivity index (χ3n) is 4.16. The minimum Gasteiger partial charge on any atom is -0.427 e. The summed E-state index contributed by atoms with van der Waals surface area (Å²) in [6, 6.07) is 4.03. The van der Waals surface area contributed by atoms with Crippen molar-refractivity contribution in [2.24, 2.45) is 0 Å². The lowest BCUT2D eigenvalue weighted by atomic mass is 9.83. The van der Waals surface area contributed by atoms with Gasteiger partial charge in [-0.3, -0.25) is 0 Å². The van der Waals surface area contributed by atoms with E-state index in [2.05, 4.69) is 9.88 Å². The van der Waals surface area contributed by atoms with Crippen LogP contribution in [0.3, 0.4) is 0 Å². The minimum atomic E-state index is -0.910. The van der Waals surface area contributed by atoms with Gasteiger partial charge in [0.25, 0.3) is 0 Å². The van der Waals surface area contributed by atoms with Crippen molar-refractivity contribution >= 4 is 18.8 Å². The summed E-state index contributed by atoms with van der Waals surface area (Å²) in [5, 5.41) is 10.0. The van der Waals surface area contributed by atoms with Crippen LogP contribution in [-0.2, 0) is 4.65 Å². The molecule has 4 nitrogen and oxygen atoms in total. The van der Waals surface area contributed by atoms with Crippen LogP contribution in [0.5, 0.6) is 0 Å². The molecule has 0 amide bonds. The van der Waals surface area contributed by atoms with E-state index in [0.717, 1.165) is 24.4 Å². The van der Waals surface area contributed by atoms with Crippen molar-refractivity contribution in [2.45, 2.75) is 51.7 Å². The standard InChI is InChI=1S/C15H24BN2O2/c1-14(2,19)15(3,4)20-16-12-7-8-13(17-11-12)18-9-5-6-10-18/h7-8,11,19H,5-6,9-10H2,1-4H3. The Kier molecular flexibility index (Phi) is 4.40. The molecule has 1 saturated heterocycles. The van der Waals surface area contributed by atoms with Crippen molar-refractivity contribution in [1.82, 2.24) is 4.98 Å². The first-order valence-electron chi connectivity index (χ1n) is 7.24. The van der Waals surface area contributed by atoms with Gasteiger partial charge in [-0.15, -0.1) is 0 Å². The number of aliphatic hydroxyl groups is 1. The monoisotopic (exact) mass is 275 g/mol. The third kappa shape index (κ3) is 3.52. The Labute approximate surface area is 122 Å². The SMILES string of the molecule is CC(C)(O)C(C)(C)O[B]c1ccc(N2CCCC2)nc1. The smallest absolute Gasteiger partial charge is 0.332 e. The summed E-state index contributed by atoms with van der Waals surface area (Å²) in [5.41, 5.74) is -0.655. The molecule has 1 fully saturated rings. The fourth-order valence-corrected chi connectivity index (χ4v) is 1.96. The molecule has 1 aliphatic rings. The molecule has 1 aliphatic heterocycles. The summed E-state index contributed by atoms with van der Waals surface area (Å²) in [6.45, 7) is 9.42. The summed E-state index contributed by atoms with van der Waals surface area (Å²) in [7, 11) is 1.67. The highest BCUT2D eigenvalue weighted by Gasteiger charge is 2.35. The molecule has 0 bridgehead atoms. The van der Waals surface area contributed by atoms with E-state index in [1.807, 2.05) is 32.2 Å². The molecule has 1 aromatic heterocycles. The molecule has 109 valence electrons. The van der Waals surface area contributed by atoms with Crippen molar-refractivity contribution in [3.8, 4) is 0 Å². The molecule has 0 atom stereocenters. The number of anilines is 1. The zero-order chi connectivity index (χ0) is 14.8. The van der Waals surface area contributed by atoms with Crippen molar-refractivity contribution in [2.75, 3.05) is 18.0 Å². The molecule has 0 saturated carbocycles. The molecule has 1 aromatic rings. The van der Waals surface area contributed by atoms with Gasteiger partial charge in [-0.25, -0.2) is 4.98 Å². The molecule has 0 spiro atoms. The number of aromatic nitrogens is 1. The molecule has 0 unspecified atom stereocenters. The number of rotatable bonds is 5. The molecule has 1 N–H and O–H groups in total. The summed E-state index contributed by atoms with van der Waals surface area (Å²) < 4.78 is 5.72. The number of hydrogen-bond acceptors (Lipinski definition) is 4. The molecular weight excluding hydrogens is 251 g/mol. The minimum absolute atomic E-state index is 0.652. The van der Waals surface area contributed by atoms with Crippen molar-refractivity contribution in [3.63, 3.8) is 0 Å². The molecule has 0 aromatic carbocycles. The zero-order valence-corrected chi connectivity index (χ0v) is 12.9. The van der Waals surface area contributed by atoms with Gasteiger partial charge in [0.1, 0.15) is 5.82 Å². The topological polar surface area (TPSA) is 45.6 Å². The van der Waals surface area contributed by atoms with E-state index in [9.17, 15) is 5.11 Å². The second-order valence-corrected chi connectivity index (χ2v) is 6.45. The van der Waals surface area contributed by atoms with Crippen LogP contribution in [0.2, 0.25) is 0 Å². The Morgan fingerprint density at radius 1 is 1.20 bits per heavy atom. The van der Waals surface area contributed by atoms with Crippen molar-refractivity contribution in [1.29, 1.82) is 0 Å². The molecule has 1 radical (unpaired) electrons. The van der Waals surface area contributed by atoms with Gasteiger partial charge in [-0.05, 0) is 52.1 Å². The van der Waals surface area contributed by atoms with Gasteiger partial charge < -0.3 is 14.7 Å².